The molecule has 2 amide bonds. The SMILES string of the molecule is CC(C)(C)OC(=O)N1CCC(c2ccc(C(=O)Nc3ncccn3)cc2)CC1. The lowest BCUT2D eigenvalue weighted by molar-refractivity contribution is 0.0204. The Bertz CT molecular complexity index is 808. The molecule has 0 bridgehead atoms. The second kappa shape index (κ2) is 8.37. The molecule has 3 rings (SSSR count). The monoisotopic (exact) mass is 382 g/mol. The summed E-state index contributed by atoms with van der Waals surface area (Å²) in [6.07, 6.45) is 4.66. The molecule has 1 N–H and O–H groups in total. The molecule has 0 radical (unpaired) electrons. The summed E-state index contributed by atoms with van der Waals surface area (Å²) < 4.78 is 5.44. The van der Waals surface area contributed by atoms with E-state index in [4.69, 9.17) is 4.74 Å². The van der Waals surface area contributed by atoms with Gasteiger partial charge in [0.05, 0.1) is 0 Å². The molecule has 7 heteroatoms. The first-order valence-corrected chi connectivity index (χ1v) is 9.48. The number of ether oxygens (including phenoxy) is 1. The molecule has 0 atom stereocenters. The Hall–Kier alpha value is -2.96. The number of amides is 2. The average molecular weight is 382 g/mol. The van der Waals surface area contributed by atoms with Crippen molar-refractivity contribution in [1.29, 1.82) is 0 Å². The summed E-state index contributed by atoms with van der Waals surface area (Å²) in [6.45, 7) is 6.97. The third-order valence-corrected chi connectivity index (χ3v) is 4.58. The Labute approximate surface area is 165 Å². The maximum atomic E-state index is 12.3. The van der Waals surface area contributed by atoms with E-state index < -0.39 is 5.60 Å². The van der Waals surface area contributed by atoms with Crippen LogP contribution in [0.3, 0.4) is 0 Å². The normalized spacial score (nSPS) is 15.2. The first-order chi connectivity index (χ1) is 13.3. The highest BCUT2D eigenvalue weighted by Crippen LogP contribution is 2.29. The highest BCUT2D eigenvalue weighted by molar-refractivity contribution is 6.03. The van der Waals surface area contributed by atoms with E-state index in [2.05, 4.69) is 15.3 Å². The van der Waals surface area contributed by atoms with Gasteiger partial charge in [-0.3, -0.25) is 10.1 Å². The Morgan fingerprint density at radius 1 is 1.07 bits per heavy atom. The number of benzene rings is 1. The van der Waals surface area contributed by atoms with E-state index in [1.54, 1.807) is 23.4 Å². The molecule has 1 aliphatic rings. The number of nitrogens with zero attached hydrogens (tertiary/aromatic N) is 3. The molecule has 1 aromatic heterocycles. The molecule has 7 nitrogen and oxygen atoms in total. The zero-order chi connectivity index (χ0) is 20.1. The fraction of sp³-hybridized carbons (Fsp3) is 0.429. The second-order valence-corrected chi connectivity index (χ2v) is 7.89. The molecule has 0 spiro atoms. The number of carbonyl (C=O) groups excluding carboxylic acids is 2. The number of aromatic nitrogens is 2. The van der Waals surface area contributed by atoms with E-state index in [1.807, 2.05) is 45.0 Å². The molecule has 1 saturated heterocycles. The predicted molar refractivity (Wildman–Crippen MR) is 106 cm³/mol. The van der Waals surface area contributed by atoms with Crippen LogP contribution in [-0.2, 0) is 4.74 Å². The van der Waals surface area contributed by atoms with Crippen molar-refractivity contribution in [3.8, 4) is 0 Å². The third kappa shape index (κ3) is 5.28. The van der Waals surface area contributed by atoms with Crippen molar-refractivity contribution in [3.63, 3.8) is 0 Å². The fourth-order valence-corrected chi connectivity index (χ4v) is 3.17. The van der Waals surface area contributed by atoms with Crippen molar-refractivity contribution in [2.45, 2.75) is 45.1 Å². The Balaban J connectivity index is 1.55. The molecule has 148 valence electrons. The van der Waals surface area contributed by atoms with Gasteiger partial charge < -0.3 is 9.64 Å². The Kier molecular flexibility index (Phi) is 5.92. The van der Waals surface area contributed by atoms with Crippen LogP contribution >= 0.6 is 0 Å². The standard InChI is InChI=1S/C21H26N4O3/c1-21(2,3)28-20(27)25-13-9-16(10-14-25)15-5-7-17(8-6-15)18(26)24-19-22-11-4-12-23-19/h4-8,11-12,16H,9-10,13-14H2,1-3H3,(H,22,23,24,26). The van der Waals surface area contributed by atoms with Crippen LogP contribution in [0.4, 0.5) is 10.7 Å². The molecular weight excluding hydrogens is 356 g/mol. The summed E-state index contributed by atoms with van der Waals surface area (Å²) in [5.41, 5.74) is 1.26. The van der Waals surface area contributed by atoms with Crippen molar-refractivity contribution in [3.05, 3.63) is 53.9 Å². The van der Waals surface area contributed by atoms with Crippen LogP contribution in [-0.4, -0.2) is 45.6 Å². The summed E-state index contributed by atoms with van der Waals surface area (Å²) in [5.74, 6) is 0.414. The Morgan fingerprint density at radius 2 is 1.68 bits per heavy atom. The van der Waals surface area contributed by atoms with Crippen LogP contribution in [0.2, 0.25) is 0 Å². The number of rotatable bonds is 3. The van der Waals surface area contributed by atoms with Gasteiger partial charge >= 0.3 is 6.09 Å². The van der Waals surface area contributed by atoms with Gasteiger partial charge in [0.1, 0.15) is 5.60 Å². The molecular formula is C21H26N4O3. The summed E-state index contributed by atoms with van der Waals surface area (Å²) in [5, 5.41) is 2.67. The fourth-order valence-electron chi connectivity index (χ4n) is 3.17. The van der Waals surface area contributed by atoms with Gasteiger partial charge in [-0.25, -0.2) is 14.8 Å². The van der Waals surface area contributed by atoms with E-state index >= 15 is 0 Å². The highest BCUT2D eigenvalue weighted by Gasteiger charge is 2.27. The van der Waals surface area contributed by atoms with Crippen molar-refractivity contribution < 1.29 is 14.3 Å². The van der Waals surface area contributed by atoms with Crippen LogP contribution in [0.25, 0.3) is 0 Å². The number of hydrogen-bond acceptors (Lipinski definition) is 5. The van der Waals surface area contributed by atoms with Crippen LogP contribution in [0.1, 0.15) is 55.5 Å². The minimum absolute atomic E-state index is 0.238. The van der Waals surface area contributed by atoms with E-state index in [-0.39, 0.29) is 17.9 Å². The molecule has 2 aromatic rings. The lowest BCUT2D eigenvalue weighted by Crippen LogP contribution is -2.41. The molecule has 0 aliphatic carbocycles. The first-order valence-electron chi connectivity index (χ1n) is 9.48. The van der Waals surface area contributed by atoms with E-state index in [9.17, 15) is 9.59 Å². The number of piperidine rings is 1. The van der Waals surface area contributed by atoms with Gasteiger partial charge in [-0.05, 0) is 63.3 Å². The van der Waals surface area contributed by atoms with Gasteiger partial charge in [-0.2, -0.15) is 0 Å². The molecule has 1 aromatic carbocycles. The molecule has 0 saturated carbocycles. The van der Waals surface area contributed by atoms with Gasteiger partial charge in [-0.1, -0.05) is 12.1 Å². The molecule has 0 unspecified atom stereocenters. The highest BCUT2D eigenvalue weighted by atomic mass is 16.6. The number of anilines is 1. The quantitative estimate of drug-likeness (QED) is 0.872. The van der Waals surface area contributed by atoms with Crippen molar-refractivity contribution >= 4 is 17.9 Å². The number of nitrogens with one attached hydrogen (secondary N) is 1. The lowest BCUT2D eigenvalue weighted by Gasteiger charge is -2.33. The maximum absolute atomic E-state index is 12.3. The van der Waals surface area contributed by atoms with E-state index in [0.29, 0.717) is 24.6 Å². The largest absolute Gasteiger partial charge is 0.444 e. The second-order valence-electron chi connectivity index (χ2n) is 7.89. The third-order valence-electron chi connectivity index (χ3n) is 4.58. The van der Waals surface area contributed by atoms with Crippen molar-refractivity contribution in [2.75, 3.05) is 18.4 Å². The van der Waals surface area contributed by atoms with Crippen LogP contribution in [0.5, 0.6) is 0 Å². The minimum Gasteiger partial charge on any atom is -0.444 e. The van der Waals surface area contributed by atoms with Crippen LogP contribution < -0.4 is 5.32 Å². The van der Waals surface area contributed by atoms with Crippen LogP contribution in [0.15, 0.2) is 42.7 Å². The molecule has 28 heavy (non-hydrogen) atoms. The summed E-state index contributed by atoms with van der Waals surface area (Å²) >= 11 is 0. The topological polar surface area (TPSA) is 84.4 Å². The van der Waals surface area contributed by atoms with Gasteiger partial charge in [0.2, 0.25) is 5.95 Å². The van der Waals surface area contributed by atoms with Crippen molar-refractivity contribution in [2.24, 2.45) is 0 Å². The maximum Gasteiger partial charge on any atom is 0.410 e. The lowest BCUT2D eigenvalue weighted by atomic mass is 9.89. The summed E-state index contributed by atoms with van der Waals surface area (Å²) in [7, 11) is 0. The van der Waals surface area contributed by atoms with Crippen molar-refractivity contribution in [1.82, 2.24) is 14.9 Å². The number of hydrogen-bond donors (Lipinski definition) is 1. The predicted octanol–water partition coefficient (Wildman–Crippen LogP) is 3.84. The van der Waals surface area contributed by atoms with E-state index in [0.717, 1.165) is 12.8 Å². The molecule has 2 heterocycles. The van der Waals surface area contributed by atoms with E-state index in [1.165, 1.54) is 5.56 Å². The van der Waals surface area contributed by atoms with Gasteiger partial charge in [-0.15, -0.1) is 0 Å². The number of carbonyl (C=O) groups is 2. The average Bonchev–Trinajstić information content (AvgIpc) is 2.68. The Morgan fingerprint density at radius 3 is 2.25 bits per heavy atom. The summed E-state index contributed by atoms with van der Waals surface area (Å²) in [6, 6.07) is 9.28. The zero-order valence-corrected chi connectivity index (χ0v) is 16.5. The minimum atomic E-state index is -0.477. The number of likely N-dealkylation sites (tertiary alicyclic amines) is 1. The smallest absolute Gasteiger partial charge is 0.410 e. The summed E-state index contributed by atoms with van der Waals surface area (Å²) in [4.78, 5) is 34.2. The first kappa shape index (κ1) is 19.8. The zero-order valence-electron chi connectivity index (χ0n) is 16.5. The molecule has 1 fully saturated rings. The van der Waals surface area contributed by atoms with Crippen LogP contribution in [0, 0.1) is 0 Å². The van der Waals surface area contributed by atoms with Gasteiger partial charge in [0.15, 0.2) is 0 Å². The molecule has 1 aliphatic heterocycles. The van der Waals surface area contributed by atoms with Gasteiger partial charge in [0.25, 0.3) is 5.91 Å². The van der Waals surface area contributed by atoms with Gasteiger partial charge in [0, 0.05) is 31.0 Å².